The van der Waals surface area contributed by atoms with Crippen LogP contribution in [0.1, 0.15) is 46.5 Å². The summed E-state index contributed by atoms with van der Waals surface area (Å²) in [5.41, 5.74) is -0.774. The van der Waals surface area contributed by atoms with Gasteiger partial charge in [0.15, 0.2) is 12.4 Å². The lowest BCUT2D eigenvalue weighted by molar-refractivity contribution is -0.151. The number of benzene rings is 1. The van der Waals surface area contributed by atoms with Crippen LogP contribution in [-0.4, -0.2) is 46.2 Å². The van der Waals surface area contributed by atoms with E-state index < -0.39 is 53.1 Å². The molecule has 1 aromatic carbocycles. The molecular weight excluding hydrogens is 479 g/mol. The van der Waals surface area contributed by atoms with Gasteiger partial charge in [0.25, 0.3) is 17.7 Å². The quantitative estimate of drug-likeness (QED) is 0.459. The summed E-state index contributed by atoms with van der Waals surface area (Å²) in [4.78, 5) is 54.8. The van der Waals surface area contributed by atoms with Gasteiger partial charge < -0.3 is 10.1 Å². The van der Waals surface area contributed by atoms with Crippen LogP contribution in [0.2, 0.25) is 5.02 Å². The first-order valence-corrected chi connectivity index (χ1v) is 10.4. The zero-order chi connectivity index (χ0) is 25.2. The Morgan fingerprint density at radius 2 is 1.74 bits per heavy atom. The van der Waals surface area contributed by atoms with Crippen molar-refractivity contribution in [3.63, 3.8) is 0 Å². The van der Waals surface area contributed by atoms with Gasteiger partial charge in [0.2, 0.25) is 0 Å². The lowest BCUT2D eigenvalue weighted by Gasteiger charge is -2.25. The van der Waals surface area contributed by atoms with Crippen molar-refractivity contribution in [1.82, 2.24) is 9.88 Å². The third kappa shape index (κ3) is 5.36. The van der Waals surface area contributed by atoms with E-state index in [1.807, 2.05) is 0 Å². The molecule has 1 atom stereocenters. The van der Waals surface area contributed by atoms with Gasteiger partial charge in [-0.3, -0.25) is 19.3 Å². The molecule has 34 heavy (non-hydrogen) atoms. The molecule has 0 saturated heterocycles. The molecule has 0 aliphatic carbocycles. The number of esters is 1. The average Bonchev–Trinajstić information content (AvgIpc) is 3.01. The number of carbonyl (C=O) groups excluding carboxylic acids is 4. The number of amides is 3. The summed E-state index contributed by atoms with van der Waals surface area (Å²) >= 11 is 5.75. The molecule has 1 aromatic heterocycles. The number of nitrogens with one attached hydrogen (secondary N) is 1. The Hall–Kier alpha value is -3.47. The largest absolute Gasteiger partial charge is 0.454 e. The molecule has 1 aliphatic heterocycles. The standard InChI is InChI=1S/C22H19ClF3N3O5/c1-11(2)7-16(29-19(31)13-5-3-4-6-14(13)20(29)32)21(33)34-10-17(30)28-18-15(23)8-12(9-27-18)22(24,25)26/h3-6,8-9,11,16H,7,10H2,1-2H3,(H,27,28,30)/t16-/m1/s1. The fraction of sp³-hybridized carbons (Fsp3) is 0.318. The molecule has 0 radical (unpaired) electrons. The number of pyridine rings is 1. The van der Waals surface area contributed by atoms with Crippen molar-refractivity contribution >= 4 is 41.1 Å². The lowest BCUT2D eigenvalue weighted by Crippen LogP contribution is -2.46. The van der Waals surface area contributed by atoms with Crippen molar-refractivity contribution < 1.29 is 37.1 Å². The number of carbonyl (C=O) groups is 4. The molecule has 0 spiro atoms. The fourth-order valence-electron chi connectivity index (χ4n) is 3.33. The summed E-state index contributed by atoms with van der Waals surface area (Å²) in [5, 5.41) is 1.69. The number of fused-ring (bicyclic) bond motifs is 1. The maximum atomic E-state index is 12.8. The zero-order valence-electron chi connectivity index (χ0n) is 18.0. The van der Waals surface area contributed by atoms with Crippen LogP contribution in [0.4, 0.5) is 19.0 Å². The number of imide groups is 1. The molecule has 1 N–H and O–H groups in total. The molecule has 1 aliphatic rings. The summed E-state index contributed by atoms with van der Waals surface area (Å²) in [6.07, 6.45) is -4.07. The summed E-state index contributed by atoms with van der Waals surface area (Å²) in [6, 6.07) is 5.45. The van der Waals surface area contributed by atoms with Crippen molar-refractivity contribution in [1.29, 1.82) is 0 Å². The Bertz CT molecular complexity index is 1120. The van der Waals surface area contributed by atoms with Crippen LogP contribution in [0.5, 0.6) is 0 Å². The Labute approximate surface area is 197 Å². The van der Waals surface area contributed by atoms with E-state index in [1.165, 1.54) is 12.1 Å². The molecule has 3 amide bonds. The first-order chi connectivity index (χ1) is 15.9. The second kappa shape index (κ2) is 9.80. The molecule has 0 fully saturated rings. The SMILES string of the molecule is CC(C)C[C@H](C(=O)OCC(=O)Nc1ncc(C(F)(F)F)cc1Cl)N1C(=O)c2ccccc2C1=O. The van der Waals surface area contributed by atoms with Crippen molar-refractivity contribution in [3.8, 4) is 0 Å². The molecule has 0 bridgehead atoms. The lowest BCUT2D eigenvalue weighted by atomic mass is 10.0. The van der Waals surface area contributed by atoms with Crippen LogP contribution in [0, 0.1) is 5.92 Å². The Balaban J connectivity index is 1.68. The number of ether oxygens (including phenoxy) is 1. The molecule has 2 heterocycles. The van der Waals surface area contributed by atoms with Crippen molar-refractivity contribution in [3.05, 3.63) is 58.2 Å². The van der Waals surface area contributed by atoms with Crippen LogP contribution in [0.3, 0.4) is 0 Å². The molecule has 8 nitrogen and oxygen atoms in total. The van der Waals surface area contributed by atoms with E-state index >= 15 is 0 Å². The Morgan fingerprint density at radius 1 is 1.15 bits per heavy atom. The number of nitrogens with zero attached hydrogens (tertiary/aromatic N) is 2. The third-order valence-electron chi connectivity index (χ3n) is 4.88. The van der Waals surface area contributed by atoms with Crippen LogP contribution in [0.25, 0.3) is 0 Å². The van der Waals surface area contributed by atoms with Gasteiger partial charge in [-0.1, -0.05) is 37.6 Å². The minimum atomic E-state index is -4.66. The van der Waals surface area contributed by atoms with Gasteiger partial charge in [0.1, 0.15) is 6.04 Å². The van der Waals surface area contributed by atoms with E-state index in [0.717, 1.165) is 4.90 Å². The monoisotopic (exact) mass is 497 g/mol. The summed E-state index contributed by atoms with van der Waals surface area (Å²) < 4.78 is 43.2. The van der Waals surface area contributed by atoms with Crippen molar-refractivity contribution in [2.24, 2.45) is 5.92 Å². The van der Waals surface area contributed by atoms with Crippen molar-refractivity contribution in [2.45, 2.75) is 32.5 Å². The summed E-state index contributed by atoms with van der Waals surface area (Å²) in [6.45, 7) is 2.72. The van der Waals surface area contributed by atoms with Crippen LogP contribution >= 0.6 is 11.6 Å². The van der Waals surface area contributed by atoms with E-state index in [4.69, 9.17) is 16.3 Å². The highest BCUT2D eigenvalue weighted by atomic mass is 35.5. The van der Waals surface area contributed by atoms with Crippen molar-refractivity contribution in [2.75, 3.05) is 11.9 Å². The topological polar surface area (TPSA) is 106 Å². The molecule has 0 unspecified atom stereocenters. The molecule has 180 valence electrons. The second-order valence-corrected chi connectivity index (χ2v) is 8.29. The predicted octanol–water partition coefficient (Wildman–Crippen LogP) is 3.95. The first kappa shape index (κ1) is 25.2. The predicted molar refractivity (Wildman–Crippen MR) is 114 cm³/mol. The second-order valence-electron chi connectivity index (χ2n) is 7.88. The maximum absolute atomic E-state index is 12.8. The molecule has 12 heteroatoms. The summed E-state index contributed by atoms with van der Waals surface area (Å²) in [5.74, 6) is -3.65. The molecular formula is C22H19ClF3N3O5. The average molecular weight is 498 g/mol. The molecule has 3 rings (SSSR count). The van der Waals surface area contributed by atoms with E-state index in [2.05, 4.69) is 10.3 Å². The Morgan fingerprint density at radius 3 is 2.24 bits per heavy atom. The van der Waals surface area contributed by atoms with E-state index in [-0.39, 0.29) is 29.3 Å². The highest BCUT2D eigenvalue weighted by Crippen LogP contribution is 2.32. The smallest absolute Gasteiger partial charge is 0.417 e. The van der Waals surface area contributed by atoms with Gasteiger partial charge in [0.05, 0.1) is 21.7 Å². The number of aromatic nitrogens is 1. The van der Waals surface area contributed by atoms with Gasteiger partial charge in [-0.25, -0.2) is 9.78 Å². The van der Waals surface area contributed by atoms with Crippen LogP contribution < -0.4 is 5.32 Å². The number of alkyl halides is 3. The Kier molecular flexibility index (Phi) is 7.25. The molecule has 0 saturated carbocycles. The maximum Gasteiger partial charge on any atom is 0.417 e. The number of hydrogen-bond donors (Lipinski definition) is 1. The number of rotatable bonds is 7. The minimum absolute atomic E-state index is 0.0954. The first-order valence-electron chi connectivity index (χ1n) is 10.1. The number of halogens is 4. The fourth-order valence-corrected chi connectivity index (χ4v) is 3.54. The van der Waals surface area contributed by atoms with Gasteiger partial charge in [-0.15, -0.1) is 0 Å². The van der Waals surface area contributed by atoms with Gasteiger partial charge in [0, 0.05) is 6.20 Å². The van der Waals surface area contributed by atoms with E-state index in [0.29, 0.717) is 12.3 Å². The minimum Gasteiger partial charge on any atom is -0.454 e. The zero-order valence-corrected chi connectivity index (χ0v) is 18.7. The van der Waals surface area contributed by atoms with Crippen LogP contribution in [0.15, 0.2) is 36.5 Å². The van der Waals surface area contributed by atoms with Gasteiger partial charge in [-0.05, 0) is 30.5 Å². The van der Waals surface area contributed by atoms with Crippen LogP contribution in [-0.2, 0) is 20.5 Å². The highest BCUT2D eigenvalue weighted by Gasteiger charge is 2.43. The molecule has 2 aromatic rings. The van der Waals surface area contributed by atoms with Gasteiger partial charge in [-0.2, -0.15) is 13.2 Å². The summed E-state index contributed by atoms with van der Waals surface area (Å²) in [7, 11) is 0. The number of hydrogen-bond acceptors (Lipinski definition) is 6. The highest BCUT2D eigenvalue weighted by molar-refractivity contribution is 6.33. The van der Waals surface area contributed by atoms with Gasteiger partial charge >= 0.3 is 12.1 Å². The third-order valence-corrected chi connectivity index (χ3v) is 5.16. The van der Waals surface area contributed by atoms with E-state index in [1.54, 1.807) is 26.0 Å². The van der Waals surface area contributed by atoms with E-state index in [9.17, 15) is 32.3 Å². The normalized spacial score (nSPS) is 14.3. The number of anilines is 1.